The molecule has 0 radical (unpaired) electrons. The summed E-state index contributed by atoms with van der Waals surface area (Å²) in [5.74, 6) is -0.539. The first-order valence-electron chi connectivity index (χ1n) is 10.8. The second-order valence-corrected chi connectivity index (χ2v) is 9.26. The van der Waals surface area contributed by atoms with Crippen LogP contribution >= 0.6 is 0 Å². The third-order valence-corrected chi connectivity index (χ3v) is 7.70. The van der Waals surface area contributed by atoms with Crippen molar-refractivity contribution >= 4 is 17.7 Å². The molecule has 1 aromatic carbocycles. The quantitative estimate of drug-likeness (QED) is 0.586. The lowest BCUT2D eigenvalue weighted by Crippen LogP contribution is -2.50. The van der Waals surface area contributed by atoms with Crippen molar-refractivity contribution in [2.45, 2.75) is 52.1 Å². The molecule has 1 saturated carbocycles. The Bertz CT molecular complexity index is 906. The highest BCUT2D eigenvalue weighted by Gasteiger charge is 2.60. The summed E-state index contributed by atoms with van der Waals surface area (Å²) in [6.45, 7) is 6.58. The Kier molecular flexibility index (Phi) is 4.19. The van der Waals surface area contributed by atoms with Crippen LogP contribution in [0.4, 0.5) is 0 Å². The normalized spacial score (nSPS) is 33.7. The summed E-state index contributed by atoms with van der Waals surface area (Å²) >= 11 is 0. The zero-order chi connectivity index (χ0) is 20.4. The van der Waals surface area contributed by atoms with Gasteiger partial charge in [-0.2, -0.15) is 0 Å². The van der Waals surface area contributed by atoms with Crippen LogP contribution in [0.1, 0.15) is 48.9 Å². The average molecular weight is 392 g/mol. The van der Waals surface area contributed by atoms with Gasteiger partial charge >= 0.3 is 0 Å². The first kappa shape index (κ1) is 18.6. The summed E-state index contributed by atoms with van der Waals surface area (Å²) in [6, 6.07) is 5.66. The topological polar surface area (TPSA) is 57.7 Å². The molecule has 2 heterocycles. The molecular formula is C24H28N2O3. The minimum absolute atomic E-state index is 0.0226. The number of likely N-dealkylation sites (tertiary alicyclic amines) is 2. The molecular weight excluding hydrogens is 364 g/mol. The average Bonchev–Trinajstić information content (AvgIpc) is 3.47. The molecule has 1 aromatic rings. The largest absolute Gasteiger partial charge is 0.334 e. The van der Waals surface area contributed by atoms with Crippen LogP contribution in [0.3, 0.4) is 0 Å². The maximum Gasteiger partial charge on any atom is 0.246 e. The summed E-state index contributed by atoms with van der Waals surface area (Å²) in [6.07, 6.45) is 6.94. The van der Waals surface area contributed by atoms with Gasteiger partial charge in [-0.3, -0.25) is 19.3 Å². The number of rotatable bonds is 3. The highest BCUT2D eigenvalue weighted by atomic mass is 16.2. The van der Waals surface area contributed by atoms with Gasteiger partial charge in [0.05, 0.1) is 17.9 Å². The van der Waals surface area contributed by atoms with E-state index in [4.69, 9.17) is 0 Å². The summed E-state index contributed by atoms with van der Waals surface area (Å²) in [7, 11) is 0. The van der Waals surface area contributed by atoms with Gasteiger partial charge in [0, 0.05) is 6.54 Å². The number of amides is 3. The number of nitrogens with zero attached hydrogens (tertiary/aromatic N) is 2. The molecule has 29 heavy (non-hydrogen) atoms. The summed E-state index contributed by atoms with van der Waals surface area (Å²) in [4.78, 5) is 42.8. The Balaban J connectivity index is 1.38. The fraction of sp³-hybridized carbons (Fsp3) is 0.542. The fourth-order valence-corrected chi connectivity index (χ4v) is 6.01. The van der Waals surface area contributed by atoms with Crippen molar-refractivity contribution in [2.24, 2.45) is 23.7 Å². The predicted molar refractivity (Wildman–Crippen MR) is 109 cm³/mol. The monoisotopic (exact) mass is 392 g/mol. The third kappa shape index (κ3) is 2.62. The van der Waals surface area contributed by atoms with E-state index >= 15 is 0 Å². The van der Waals surface area contributed by atoms with E-state index in [-0.39, 0.29) is 47.4 Å². The van der Waals surface area contributed by atoms with Gasteiger partial charge < -0.3 is 4.90 Å². The van der Waals surface area contributed by atoms with Crippen molar-refractivity contribution in [1.29, 1.82) is 0 Å². The maximum atomic E-state index is 13.4. The first-order valence-corrected chi connectivity index (χ1v) is 10.8. The molecule has 2 aliphatic carbocycles. The Labute approximate surface area is 171 Å². The molecule has 5 heteroatoms. The van der Waals surface area contributed by atoms with E-state index in [9.17, 15) is 14.4 Å². The second kappa shape index (κ2) is 6.54. The van der Waals surface area contributed by atoms with Crippen LogP contribution in [0.25, 0.3) is 0 Å². The van der Waals surface area contributed by atoms with E-state index in [2.05, 4.69) is 44.2 Å². The minimum atomic E-state index is -0.729. The van der Waals surface area contributed by atoms with Gasteiger partial charge in [0.15, 0.2) is 0 Å². The Morgan fingerprint density at radius 3 is 2.31 bits per heavy atom. The van der Waals surface area contributed by atoms with Gasteiger partial charge in [0.2, 0.25) is 17.7 Å². The van der Waals surface area contributed by atoms with E-state index in [1.165, 1.54) is 16.0 Å². The Hall–Kier alpha value is -2.43. The fourth-order valence-electron chi connectivity index (χ4n) is 6.01. The van der Waals surface area contributed by atoms with Crippen LogP contribution < -0.4 is 0 Å². The van der Waals surface area contributed by atoms with Crippen molar-refractivity contribution < 1.29 is 14.4 Å². The zero-order valence-electron chi connectivity index (χ0n) is 17.3. The standard InChI is InChI=1S/C24H28N2O3/c1-13-6-7-16(11-14(13)2)19-5-4-10-25(19)22(27)15(3)26-23(28)20-17-8-9-18(12-17)21(20)24(26)29/h6-9,11,15,17-21H,4-5,10,12H2,1-3H3/t15-,17+,18+,19+,20-,21+/m1/s1. The number of hydrogen-bond acceptors (Lipinski definition) is 3. The Morgan fingerprint density at radius 1 is 1.03 bits per heavy atom. The lowest BCUT2D eigenvalue weighted by Gasteiger charge is -2.31. The van der Waals surface area contributed by atoms with E-state index in [0.29, 0.717) is 6.54 Å². The van der Waals surface area contributed by atoms with Crippen molar-refractivity contribution in [2.75, 3.05) is 6.54 Å². The molecule has 2 saturated heterocycles. The second-order valence-electron chi connectivity index (χ2n) is 9.26. The van der Waals surface area contributed by atoms with E-state index in [1.54, 1.807) is 6.92 Å². The molecule has 6 atom stereocenters. The zero-order valence-corrected chi connectivity index (χ0v) is 17.3. The molecule has 2 bridgehead atoms. The van der Waals surface area contributed by atoms with Gasteiger partial charge in [-0.15, -0.1) is 0 Å². The maximum absolute atomic E-state index is 13.4. The number of fused-ring (bicyclic) bond motifs is 5. The highest BCUT2D eigenvalue weighted by molar-refractivity contribution is 6.09. The third-order valence-electron chi connectivity index (χ3n) is 7.70. The summed E-state index contributed by atoms with van der Waals surface area (Å²) in [5.41, 5.74) is 3.60. The van der Waals surface area contributed by atoms with E-state index in [1.807, 2.05) is 4.90 Å². The molecule has 0 aromatic heterocycles. The lowest BCUT2D eigenvalue weighted by atomic mass is 9.85. The number of imide groups is 1. The number of carbonyl (C=O) groups is 3. The first-order chi connectivity index (χ1) is 13.9. The van der Waals surface area contributed by atoms with Crippen LogP contribution in [-0.2, 0) is 14.4 Å². The smallest absolute Gasteiger partial charge is 0.246 e. The molecule has 3 amide bonds. The van der Waals surface area contributed by atoms with Gasteiger partial charge in [-0.25, -0.2) is 0 Å². The predicted octanol–water partition coefficient (Wildman–Crippen LogP) is 3.16. The SMILES string of the molecule is Cc1ccc([C@@H]2CCCN2C(=O)[C@@H](C)N2C(=O)[C@@H]3[C@H](C2=O)[C@H]2C=C[C@H]3C2)cc1C. The van der Waals surface area contributed by atoms with Crippen molar-refractivity contribution in [3.63, 3.8) is 0 Å². The van der Waals surface area contributed by atoms with Gasteiger partial charge in [0.1, 0.15) is 6.04 Å². The van der Waals surface area contributed by atoms with Crippen LogP contribution in [0, 0.1) is 37.5 Å². The van der Waals surface area contributed by atoms with Crippen LogP contribution in [0.5, 0.6) is 0 Å². The van der Waals surface area contributed by atoms with Crippen molar-refractivity contribution in [3.05, 3.63) is 47.0 Å². The molecule has 5 rings (SSSR count). The molecule has 152 valence electrons. The molecule has 2 aliphatic heterocycles. The number of carbonyl (C=O) groups excluding carboxylic acids is 3. The number of benzene rings is 1. The highest BCUT2D eigenvalue weighted by Crippen LogP contribution is 2.53. The molecule has 0 unspecified atom stereocenters. The molecule has 4 aliphatic rings. The van der Waals surface area contributed by atoms with Crippen LogP contribution in [0.15, 0.2) is 30.4 Å². The van der Waals surface area contributed by atoms with Gasteiger partial charge in [-0.1, -0.05) is 30.4 Å². The number of hydrogen-bond donors (Lipinski definition) is 0. The Morgan fingerprint density at radius 2 is 1.69 bits per heavy atom. The van der Waals surface area contributed by atoms with Crippen molar-refractivity contribution in [3.8, 4) is 0 Å². The van der Waals surface area contributed by atoms with Crippen LogP contribution in [-0.4, -0.2) is 40.1 Å². The summed E-state index contributed by atoms with van der Waals surface area (Å²) in [5, 5.41) is 0. The lowest BCUT2D eigenvalue weighted by molar-refractivity contribution is -0.152. The van der Waals surface area contributed by atoms with Gasteiger partial charge in [-0.05, 0) is 68.6 Å². The van der Waals surface area contributed by atoms with Gasteiger partial charge in [0.25, 0.3) is 0 Å². The number of allylic oxidation sites excluding steroid dienone is 2. The molecule has 0 N–H and O–H groups in total. The van der Waals surface area contributed by atoms with E-state index < -0.39 is 6.04 Å². The molecule has 0 spiro atoms. The molecule has 3 fully saturated rings. The number of aryl methyl sites for hydroxylation is 2. The van der Waals surface area contributed by atoms with E-state index in [0.717, 1.165) is 24.8 Å². The minimum Gasteiger partial charge on any atom is -0.334 e. The summed E-state index contributed by atoms with van der Waals surface area (Å²) < 4.78 is 0. The van der Waals surface area contributed by atoms with Crippen LogP contribution in [0.2, 0.25) is 0 Å². The van der Waals surface area contributed by atoms with Crippen molar-refractivity contribution in [1.82, 2.24) is 9.80 Å². The molecule has 5 nitrogen and oxygen atoms in total.